The summed E-state index contributed by atoms with van der Waals surface area (Å²) in [6, 6.07) is 3.46. The quantitative estimate of drug-likeness (QED) is 0.450. The molecule has 2 heterocycles. The minimum absolute atomic E-state index is 0. The van der Waals surface area contributed by atoms with Crippen LogP contribution in [0.15, 0.2) is 18.3 Å². The second-order valence-electron chi connectivity index (χ2n) is 1.83. The van der Waals surface area contributed by atoms with Crippen molar-refractivity contribution in [3.63, 3.8) is 0 Å². The van der Waals surface area contributed by atoms with Crippen LogP contribution < -0.4 is 0 Å². The smallest absolute Gasteiger partial charge is 0.219 e. The van der Waals surface area contributed by atoms with E-state index in [4.69, 9.17) is 5.21 Å². The molecule has 58 valence electrons. The molecule has 11 heavy (non-hydrogen) atoms. The van der Waals surface area contributed by atoms with E-state index in [0.717, 1.165) is 0 Å². The minimum atomic E-state index is 0. The van der Waals surface area contributed by atoms with Gasteiger partial charge in [0.15, 0.2) is 0 Å². The van der Waals surface area contributed by atoms with Crippen molar-refractivity contribution >= 4 is 21.1 Å². The van der Waals surface area contributed by atoms with Gasteiger partial charge in [-0.2, -0.15) is 9.90 Å². The lowest BCUT2D eigenvalue weighted by molar-refractivity contribution is 0.153. The SMILES string of the molecule is On1nnc2cccnc21.P. The number of fused-ring (bicyclic) bond motifs is 1. The van der Waals surface area contributed by atoms with E-state index in [-0.39, 0.29) is 9.90 Å². The molecule has 2 aromatic rings. The number of rotatable bonds is 0. The Morgan fingerprint density at radius 3 is 3.00 bits per heavy atom. The third-order valence-electron chi connectivity index (χ3n) is 1.19. The summed E-state index contributed by atoms with van der Waals surface area (Å²) in [7, 11) is 0. The molecule has 0 amide bonds. The summed E-state index contributed by atoms with van der Waals surface area (Å²) in [6.45, 7) is 0. The van der Waals surface area contributed by atoms with Gasteiger partial charge in [0.2, 0.25) is 5.65 Å². The van der Waals surface area contributed by atoms with Gasteiger partial charge in [-0.1, -0.05) is 4.85 Å². The van der Waals surface area contributed by atoms with Gasteiger partial charge in [0.1, 0.15) is 5.52 Å². The maximum absolute atomic E-state index is 8.89. The Morgan fingerprint density at radius 1 is 1.45 bits per heavy atom. The van der Waals surface area contributed by atoms with Crippen molar-refractivity contribution in [1.82, 2.24) is 20.1 Å². The maximum atomic E-state index is 8.89. The van der Waals surface area contributed by atoms with Crippen molar-refractivity contribution < 1.29 is 5.21 Å². The molecular formula is C5H7N4OP. The zero-order valence-corrected chi connectivity index (χ0v) is 7.09. The third kappa shape index (κ3) is 1.14. The Labute approximate surface area is 65.6 Å². The lowest BCUT2D eigenvalue weighted by Crippen LogP contribution is -1.92. The van der Waals surface area contributed by atoms with E-state index in [0.29, 0.717) is 16.0 Å². The molecule has 5 nitrogen and oxygen atoms in total. The van der Waals surface area contributed by atoms with Gasteiger partial charge in [-0.3, -0.25) is 0 Å². The van der Waals surface area contributed by atoms with Crippen LogP contribution in [0.2, 0.25) is 0 Å². The normalized spacial score (nSPS) is 9.45. The average molecular weight is 170 g/mol. The van der Waals surface area contributed by atoms with Crippen LogP contribution in [0.4, 0.5) is 0 Å². The van der Waals surface area contributed by atoms with Gasteiger partial charge in [0.25, 0.3) is 0 Å². The van der Waals surface area contributed by atoms with E-state index in [9.17, 15) is 0 Å². The largest absolute Gasteiger partial charge is 0.409 e. The van der Waals surface area contributed by atoms with Crippen LogP contribution in [0.25, 0.3) is 11.2 Å². The van der Waals surface area contributed by atoms with Crippen LogP contribution in [0, 0.1) is 0 Å². The van der Waals surface area contributed by atoms with Crippen molar-refractivity contribution in [2.24, 2.45) is 0 Å². The number of hydrogen-bond acceptors (Lipinski definition) is 4. The molecule has 0 bridgehead atoms. The maximum Gasteiger partial charge on any atom is 0.219 e. The summed E-state index contributed by atoms with van der Waals surface area (Å²) in [5, 5.41) is 15.9. The predicted molar refractivity (Wildman–Crippen MR) is 43.6 cm³/mol. The van der Waals surface area contributed by atoms with Crippen molar-refractivity contribution in [1.29, 1.82) is 0 Å². The first-order valence-corrected chi connectivity index (χ1v) is 2.73. The van der Waals surface area contributed by atoms with Gasteiger partial charge in [-0.15, -0.1) is 5.10 Å². The number of hydrogen-bond donors (Lipinski definition) is 1. The van der Waals surface area contributed by atoms with E-state index >= 15 is 0 Å². The first-order chi connectivity index (χ1) is 4.88. The molecule has 0 aliphatic rings. The molecule has 1 N–H and O–H groups in total. The zero-order valence-electron chi connectivity index (χ0n) is 5.68. The molecule has 0 aliphatic carbocycles. The first-order valence-electron chi connectivity index (χ1n) is 2.73. The fourth-order valence-corrected chi connectivity index (χ4v) is 0.754. The highest BCUT2D eigenvalue weighted by Gasteiger charge is 2.00. The van der Waals surface area contributed by atoms with Crippen molar-refractivity contribution in [2.45, 2.75) is 0 Å². The number of pyridine rings is 1. The highest BCUT2D eigenvalue weighted by molar-refractivity contribution is 6.92. The molecule has 2 aromatic heterocycles. The van der Waals surface area contributed by atoms with Crippen molar-refractivity contribution in [3.05, 3.63) is 18.3 Å². The summed E-state index contributed by atoms with van der Waals surface area (Å²) in [5.74, 6) is 0. The van der Waals surface area contributed by atoms with Gasteiger partial charge < -0.3 is 5.21 Å². The highest BCUT2D eigenvalue weighted by Crippen LogP contribution is 2.02. The minimum Gasteiger partial charge on any atom is -0.409 e. The highest BCUT2D eigenvalue weighted by atomic mass is 31.0. The second-order valence-corrected chi connectivity index (χ2v) is 1.83. The predicted octanol–water partition coefficient (Wildman–Crippen LogP) is 0.122. The Bertz CT molecular complexity index is 360. The number of aromatic nitrogens is 4. The van der Waals surface area contributed by atoms with Gasteiger partial charge in [-0.05, 0) is 17.3 Å². The molecule has 1 atom stereocenters. The van der Waals surface area contributed by atoms with Gasteiger partial charge in [0.05, 0.1) is 0 Å². The molecular weight excluding hydrogens is 163 g/mol. The van der Waals surface area contributed by atoms with Crippen LogP contribution in [0.5, 0.6) is 0 Å². The Balaban J connectivity index is 0.000000605. The lowest BCUT2D eigenvalue weighted by atomic mass is 10.4. The fraction of sp³-hybridized carbons (Fsp3) is 0. The van der Waals surface area contributed by atoms with Crippen molar-refractivity contribution in [3.8, 4) is 0 Å². The molecule has 0 aliphatic heterocycles. The average Bonchev–Trinajstić information content (AvgIpc) is 2.34. The molecule has 0 fully saturated rings. The Kier molecular flexibility index (Phi) is 2.01. The van der Waals surface area contributed by atoms with Gasteiger partial charge >= 0.3 is 0 Å². The van der Waals surface area contributed by atoms with E-state index in [1.54, 1.807) is 18.3 Å². The summed E-state index contributed by atoms with van der Waals surface area (Å²) in [5.41, 5.74) is 0.965. The molecule has 0 aromatic carbocycles. The summed E-state index contributed by atoms with van der Waals surface area (Å²) in [6.07, 6.45) is 1.57. The van der Waals surface area contributed by atoms with Crippen LogP contribution in [-0.4, -0.2) is 25.3 Å². The van der Waals surface area contributed by atoms with E-state index < -0.39 is 0 Å². The summed E-state index contributed by atoms with van der Waals surface area (Å²) >= 11 is 0. The van der Waals surface area contributed by atoms with Gasteiger partial charge in [0, 0.05) is 6.20 Å². The van der Waals surface area contributed by atoms with Crippen molar-refractivity contribution in [2.75, 3.05) is 0 Å². The third-order valence-corrected chi connectivity index (χ3v) is 1.19. The van der Waals surface area contributed by atoms with E-state index in [1.165, 1.54) is 0 Å². The molecule has 2 rings (SSSR count). The van der Waals surface area contributed by atoms with Crippen LogP contribution in [-0.2, 0) is 0 Å². The molecule has 0 radical (unpaired) electrons. The molecule has 6 heteroatoms. The summed E-state index contributed by atoms with van der Waals surface area (Å²) < 4.78 is 0. The first kappa shape index (κ1) is 7.88. The standard InChI is InChI=1S/C5H4N4O.H3P/c10-9-5-4(7-8-9)2-1-3-6-5;/h1-3,10H;1H3. The monoisotopic (exact) mass is 170 g/mol. The number of nitrogens with zero attached hydrogens (tertiary/aromatic N) is 4. The summed E-state index contributed by atoms with van der Waals surface area (Å²) in [4.78, 5) is 4.48. The zero-order chi connectivity index (χ0) is 6.97. The molecule has 0 saturated heterocycles. The molecule has 1 unspecified atom stereocenters. The topological polar surface area (TPSA) is 63.8 Å². The van der Waals surface area contributed by atoms with Crippen LogP contribution in [0.3, 0.4) is 0 Å². The van der Waals surface area contributed by atoms with Crippen LogP contribution >= 0.6 is 9.90 Å². The molecule has 0 spiro atoms. The van der Waals surface area contributed by atoms with Crippen LogP contribution in [0.1, 0.15) is 0 Å². The van der Waals surface area contributed by atoms with E-state index in [2.05, 4.69) is 15.3 Å². The molecule has 0 saturated carbocycles. The Morgan fingerprint density at radius 2 is 2.27 bits per heavy atom. The van der Waals surface area contributed by atoms with Gasteiger partial charge in [-0.25, -0.2) is 4.98 Å². The lowest BCUT2D eigenvalue weighted by Gasteiger charge is -1.85. The van der Waals surface area contributed by atoms with E-state index in [1.807, 2.05) is 0 Å². The fourth-order valence-electron chi connectivity index (χ4n) is 0.754. The second kappa shape index (κ2) is 2.80. The Hall–Kier alpha value is -1.22.